The molecular formula is C26H29NO5S. The molecule has 7 heteroatoms. The van der Waals surface area contributed by atoms with E-state index in [9.17, 15) is 4.79 Å². The maximum atomic E-state index is 11.0. The number of hydrogen-bond donors (Lipinski definition) is 1. The number of aromatic nitrogens is 1. The molecule has 0 unspecified atom stereocenters. The molecule has 1 heterocycles. The maximum absolute atomic E-state index is 11.0. The molecule has 1 atom stereocenters. The molecule has 2 aromatic carbocycles. The highest BCUT2D eigenvalue weighted by Gasteiger charge is 2.24. The minimum Gasteiger partial charge on any atom is -0.493 e. The number of carboxylic acid groups (broad SMARTS) is 1. The van der Waals surface area contributed by atoms with Crippen molar-refractivity contribution < 1.29 is 24.1 Å². The summed E-state index contributed by atoms with van der Waals surface area (Å²) in [4.78, 5) is 16.9. The minimum atomic E-state index is -0.743. The molecular weight excluding hydrogens is 438 g/mol. The number of ether oxygens (including phenoxy) is 3. The van der Waals surface area contributed by atoms with Crippen LogP contribution < -0.4 is 14.2 Å². The van der Waals surface area contributed by atoms with Crippen molar-refractivity contribution in [1.29, 1.82) is 0 Å². The summed E-state index contributed by atoms with van der Waals surface area (Å²) in [6, 6.07) is 11.9. The van der Waals surface area contributed by atoms with Crippen LogP contribution in [-0.2, 0) is 11.2 Å². The first-order chi connectivity index (χ1) is 15.9. The smallest absolute Gasteiger partial charge is 0.303 e. The Morgan fingerprint density at radius 2 is 1.94 bits per heavy atom. The number of hydrogen-bond acceptors (Lipinski definition) is 6. The summed E-state index contributed by atoms with van der Waals surface area (Å²) in [6.45, 7) is 5.14. The van der Waals surface area contributed by atoms with Crippen molar-refractivity contribution in [2.45, 2.75) is 45.4 Å². The second-order valence-electron chi connectivity index (χ2n) is 8.27. The summed E-state index contributed by atoms with van der Waals surface area (Å²) < 4.78 is 17.4. The lowest BCUT2D eigenvalue weighted by molar-refractivity contribution is -0.137. The number of aryl methyl sites for hydroxylation is 3. The van der Waals surface area contributed by atoms with E-state index in [2.05, 4.69) is 11.9 Å². The standard InChI is InChI=1S/C26H29NO5S/c1-16-17(2)33-26(27-16)20-7-10-23(24(14-20)30-3)32-12-4-11-31-21-8-9-22-18(13-21)5-6-19(22)15-25(28)29/h7-10,13-14,19H,4-6,11-12,15H2,1-3H3,(H,28,29)/t19-/m0/s1. The summed E-state index contributed by atoms with van der Waals surface area (Å²) in [5, 5.41) is 10.0. The molecule has 0 aliphatic heterocycles. The van der Waals surface area contributed by atoms with Gasteiger partial charge >= 0.3 is 5.97 Å². The zero-order valence-electron chi connectivity index (χ0n) is 19.2. The molecule has 0 radical (unpaired) electrons. The van der Waals surface area contributed by atoms with E-state index in [1.54, 1.807) is 18.4 Å². The topological polar surface area (TPSA) is 77.9 Å². The molecule has 0 saturated heterocycles. The van der Waals surface area contributed by atoms with E-state index in [1.807, 2.05) is 43.3 Å². The van der Waals surface area contributed by atoms with Crippen LogP contribution >= 0.6 is 11.3 Å². The average molecular weight is 468 g/mol. The van der Waals surface area contributed by atoms with Crippen LogP contribution in [0.15, 0.2) is 36.4 Å². The van der Waals surface area contributed by atoms with Crippen LogP contribution in [-0.4, -0.2) is 36.4 Å². The Kier molecular flexibility index (Phi) is 7.18. The molecule has 0 saturated carbocycles. The molecule has 33 heavy (non-hydrogen) atoms. The Balaban J connectivity index is 1.28. The van der Waals surface area contributed by atoms with Gasteiger partial charge in [-0.3, -0.25) is 4.79 Å². The quantitative estimate of drug-likeness (QED) is 0.380. The maximum Gasteiger partial charge on any atom is 0.303 e. The average Bonchev–Trinajstić information content (AvgIpc) is 3.35. The molecule has 0 amide bonds. The Hall–Kier alpha value is -3.06. The summed E-state index contributed by atoms with van der Waals surface area (Å²) in [7, 11) is 1.64. The number of methoxy groups -OCH3 is 1. The third kappa shape index (κ3) is 5.47. The first-order valence-electron chi connectivity index (χ1n) is 11.2. The van der Waals surface area contributed by atoms with Crippen molar-refractivity contribution >= 4 is 17.3 Å². The van der Waals surface area contributed by atoms with Gasteiger partial charge in [-0.25, -0.2) is 4.98 Å². The molecule has 3 aromatic rings. The molecule has 0 fully saturated rings. The van der Waals surface area contributed by atoms with Crippen molar-refractivity contribution in [2.75, 3.05) is 20.3 Å². The summed E-state index contributed by atoms with van der Waals surface area (Å²) in [5.74, 6) is 1.58. The van der Waals surface area contributed by atoms with Crippen LogP contribution in [0.1, 0.15) is 46.9 Å². The molecule has 0 spiro atoms. The molecule has 4 rings (SSSR count). The Morgan fingerprint density at radius 1 is 1.12 bits per heavy atom. The van der Waals surface area contributed by atoms with E-state index in [4.69, 9.17) is 19.3 Å². The van der Waals surface area contributed by atoms with E-state index < -0.39 is 5.97 Å². The van der Waals surface area contributed by atoms with Crippen molar-refractivity contribution in [1.82, 2.24) is 4.98 Å². The highest BCUT2D eigenvalue weighted by Crippen LogP contribution is 2.37. The number of rotatable bonds is 10. The van der Waals surface area contributed by atoms with Gasteiger partial charge in [-0.05, 0) is 74.1 Å². The van der Waals surface area contributed by atoms with Crippen LogP contribution in [0.25, 0.3) is 10.6 Å². The predicted molar refractivity (Wildman–Crippen MR) is 129 cm³/mol. The second kappa shape index (κ2) is 10.3. The third-order valence-corrected chi connectivity index (χ3v) is 7.11. The SMILES string of the molecule is COc1cc(-c2nc(C)c(C)s2)ccc1OCCCOc1ccc2c(c1)CC[C@H]2CC(=O)O. The number of thiazole rings is 1. The summed E-state index contributed by atoms with van der Waals surface area (Å²) >= 11 is 1.67. The molecule has 0 bridgehead atoms. The highest BCUT2D eigenvalue weighted by atomic mass is 32.1. The van der Waals surface area contributed by atoms with Crippen LogP contribution in [0.2, 0.25) is 0 Å². The molecule has 1 aromatic heterocycles. The van der Waals surface area contributed by atoms with Crippen LogP contribution in [0.5, 0.6) is 17.2 Å². The van der Waals surface area contributed by atoms with E-state index in [0.29, 0.717) is 24.7 Å². The van der Waals surface area contributed by atoms with Gasteiger partial charge in [0.1, 0.15) is 10.8 Å². The first kappa shape index (κ1) is 23.1. The fourth-order valence-corrected chi connectivity index (χ4v) is 5.05. The van der Waals surface area contributed by atoms with Crippen LogP contribution in [0.3, 0.4) is 0 Å². The van der Waals surface area contributed by atoms with Gasteiger partial charge in [0.05, 0.1) is 32.4 Å². The first-order valence-corrected chi connectivity index (χ1v) is 12.0. The Bertz CT molecular complexity index is 1120. The largest absolute Gasteiger partial charge is 0.493 e. The van der Waals surface area contributed by atoms with E-state index in [1.165, 1.54) is 10.4 Å². The fraction of sp³-hybridized carbons (Fsp3) is 0.385. The lowest BCUT2D eigenvalue weighted by atomic mass is 9.98. The van der Waals surface area contributed by atoms with Crippen molar-refractivity contribution in [2.24, 2.45) is 0 Å². The van der Waals surface area contributed by atoms with Crippen LogP contribution in [0.4, 0.5) is 0 Å². The van der Waals surface area contributed by atoms with Gasteiger partial charge in [0.2, 0.25) is 0 Å². The lowest BCUT2D eigenvalue weighted by Crippen LogP contribution is -2.06. The molecule has 6 nitrogen and oxygen atoms in total. The molecule has 174 valence electrons. The van der Waals surface area contributed by atoms with E-state index in [-0.39, 0.29) is 12.3 Å². The highest BCUT2D eigenvalue weighted by molar-refractivity contribution is 7.15. The number of carbonyl (C=O) groups is 1. The monoisotopic (exact) mass is 467 g/mol. The molecule has 1 N–H and O–H groups in total. The van der Waals surface area contributed by atoms with Crippen molar-refractivity contribution in [3.8, 4) is 27.8 Å². The summed E-state index contributed by atoms with van der Waals surface area (Å²) in [6.07, 6.45) is 2.72. The fourth-order valence-electron chi connectivity index (χ4n) is 4.14. The van der Waals surface area contributed by atoms with Gasteiger partial charge in [0.15, 0.2) is 11.5 Å². The Labute approximate surface area is 198 Å². The zero-order valence-corrected chi connectivity index (χ0v) is 20.0. The van der Waals surface area contributed by atoms with Gasteiger partial charge in [0, 0.05) is 16.9 Å². The van der Waals surface area contributed by atoms with Gasteiger partial charge in [-0.1, -0.05) is 6.07 Å². The van der Waals surface area contributed by atoms with Gasteiger partial charge in [-0.15, -0.1) is 11.3 Å². The summed E-state index contributed by atoms with van der Waals surface area (Å²) in [5.41, 5.74) is 4.42. The minimum absolute atomic E-state index is 0.116. The Morgan fingerprint density at radius 3 is 2.67 bits per heavy atom. The number of fused-ring (bicyclic) bond motifs is 1. The second-order valence-corrected chi connectivity index (χ2v) is 9.47. The number of nitrogens with zero attached hydrogens (tertiary/aromatic N) is 1. The van der Waals surface area contributed by atoms with Gasteiger partial charge < -0.3 is 19.3 Å². The van der Waals surface area contributed by atoms with Crippen molar-refractivity contribution in [3.63, 3.8) is 0 Å². The number of benzene rings is 2. The van der Waals surface area contributed by atoms with Gasteiger partial charge in [0.25, 0.3) is 0 Å². The van der Waals surface area contributed by atoms with Gasteiger partial charge in [-0.2, -0.15) is 0 Å². The third-order valence-electron chi connectivity index (χ3n) is 5.99. The lowest BCUT2D eigenvalue weighted by Gasteiger charge is -2.13. The number of aliphatic carboxylic acids is 1. The van der Waals surface area contributed by atoms with E-state index >= 15 is 0 Å². The molecule has 1 aliphatic carbocycles. The number of carboxylic acids is 1. The van der Waals surface area contributed by atoms with Crippen LogP contribution in [0, 0.1) is 13.8 Å². The predicted octanol–water partition coefficient (Wildman–Crippen LogP) is 5.79. The van der Waals surface area contributed by atoms with E-state index in [0.717, 1.165) is 46.8 Å². The normalized spacial score (nSPS) is 14.7. The zero-order chi connectivity index (χ0) is 23.4. The molecule has 1 aliphatic rings. The van der Waals surface area contributed by atoms with Crippen molar-refractivity contribution in [3.05, 3.63) is 58.1 Å².